The van der Waals surface area contributed by atoms with Gasteiger partial charge in [0.05, 0.1) is 23.4 Å². The summed E-state index contributed by atoms with van der Waals surface area (Å²) in [5.41, 5.74) is 4.55. The molecule has 2 aromatic carbocycles. The van der Waals surface area contributed by atoms with Gasteiger partial charge in [-0.25, -0.2) is 5.43 Å². The highest BCUT2D eigenvalue weighted by atomic mass is 16.6. The molecule has 0 spiro atoms. The van der Waals surface area contributed by atoms with Crippen molar-refractivity contribution in [3.63, 3.8) is 0 Å². The summed E-state index contributed by atoms with van der Waals surface area (Å²) in [4.78, 5) is 22.7. The van der Waals surface area contributed by atoms with Gasteiger partial charge in [-0.05, 0) is 36.8 Å². The van der Waals surface area contributed by atoms with E-state index in [1.165, 1.54) is 50.5 Å². The Balaban J connectivity index is 1.48. The monoisotopic (exact) mass is 463 g/mol. The molecule has 34 heavy (non-hydrogen) atoms. The second-order valence-electron chi connectivity index (χ2n) is 7.86. The number of carbonyl (C=O) groups is 1. The number of carbonyl (C=O) groups excluding carboxylic acids is 1. The average Bonchev–Trinajstić information content (AvgIpc) is 3.34. The Kier molecular flexibility index (Phi) is 9.33. The van der Waals surface area contributed by atoms with Gasteiger partial charge in [-0.3, -0.25) is 20.0 Å². The molecule has 0 radical (unpaired) electrons. The van der Waals surface area contributed by atoms with Gasteiger partial charge in [0.15, 0.2) is 0 Å². The van der Waals surface area contributed by atoms with Crippen molar-refractivity contribution in [1.29, 1.82) is 0 Å². The first kappa shape index (κ1) is 24.6. The molecule has 1 heterocycles. The summed E-state index contributed by atoms with van der Waals surface area (Å²) in [5, 5.41) is 21.6. The minimum atomic E-state index is -0.490. The van der Waals surface area contributed by atoms with E-state index < -0.39 is 10.8 Å². The van der Waals surface area contributed by atoms with Crippen LogP contribution in [0, 0.1) is 10.1 Å². The third kappa shape index (κ3) is 7.54. The predicted molar refractivity (Wildman–Crippen MR) is 131 cm³/mol. The molecule has 0 aliphatic heterocycles. The molecule has 0 unspecified atom stereocenters. The van der Waals surface area contributed by atoms with Crippen molar-refractivity contribution in [2.75, 3.05) is 6.61 Å². The van der Waals surface area contributed by atoms with Crippen LogP contribution in [0.3, 0.4) is 0 Å². The number of H-pyrrole nitrogens is 1. The van der Waals surface area contributed by atoms with Crippen LogP contribution in [0.1, 0.15) is 61.5 Å². The molecule has 9 nitrogen and oxygen atoms in total. The van der Waals surface area contributed by atoms with Crippen LogP contribution in [-0.2, 0) is 0 Å². The second kappa shape index (κ2) is 12.9. The topological polar surface area (TPSA) is 123 Å². The molecule has 0 aliphatic rings. The van der Waals surface area contributed by atoms with Crippen LogP contribution in [0.25, 0.3) is 11.3 Å². The minimum Gasteiger partial charge on any atom is -0.494 e. The number of ether oxygens (including phenoxy) is 1. The molecule has 0 bridgehead atoms. The van der Waals surface area contributed by atoms with E-state index in [-0.39, 0.29) is 11.4 Å². The Morgan fingerprint density at radius 1 is 1.12 bits per heavy atom. The van der Waals surface area contributed by atoms with Crippen molar-refractivity contribution >= 4 is 17.8 Å². The first-order valence-corrected chi connectivity index (χ1v) is 11.4. The van der Waals surface area contributed by atoms with Crippen molar-refractivity contribution in [3.05, 3.63) is 76.0 Å². The van der Waals surface area contributed by atoms with Gasteiger partial charge >= 0.3 is 0 Å². The van der Waals surface area contributed by atoms with Crippen molar-refractivity contribution in [3.8, 4) is 17.0 Å². The number of nitro groups is 1. The number of benzene rings is 2. The van der Waals surface area contributed by atoms with Crippen LogP contribution >= 0.6 is 0 Å². The molecule has 3 aromatic rings. The lowest BCUT2D eigenvalue weighted by atomic mass is 10.1. The van der Waals surface area contributed by atoms with E-state index in [1.807, 2.05) is 24.3 Å². The summed E-state index contributed by atoms with van der Waals surface area (Å²) in [6.07, 6.45) is 8.67. The van der Waals surface area contributed by atoms with Crippen LogP contribution < -0.4 is 10.2 Å². The molecule has 1 amide bonds. The first-order chi connectivity index (χ1) is 16.6. The number of non-ortho nitro benzene ring substituents is 1. The Hall–Kier alpha value is -4.01. The van der Waals surface area contributed by atoms with E-state index in [0.29, 0.717) is 17.9 Å². The lowest BCUT2D eigenvalue weighted by molar-refractivity contribution is -0.384. The number of amides is 1. The van der Waals surface area contributed by atoms with Crippen molar-refractivity contribution in [1.82, 2.24) is 15.6 Å². The van der Waals surface area contributed by atoms with Crippen LogP contribution in [0.4, 0.5) is 5.69 Å². The minimum absolute atomic E-state index is 0.0488. The number of unbranched alkanes of at least 4 members (excludes halogenated alkanes) is 5. The van der Waals surface area contributed by atoms with Crippen molar-refractivity contribution < 1.29 is 14.5 Å². The number of aromatic amines is 1. The summed E-state index contributed by atoms with van der Waals surface area (Å²) < 4.78 is 5.80. The molecule has 178 valence electrons. The lowest BCUT2D eigenvalue weighted by Crippen LogP contribution is -2.18. The number of hydrogen-bond donors (Lipinski definition) is 2. The van der Waals surface area contributed by atoms with Crippen LogP contribution in [0.5, 0.6) is 5.75 Å². The van der Waals surface area contributed by atoms with E-state index in [0.717, 1.165) is 17.7 Å². The molecule has 3 rings (SSSR count). The zero-order valence-electron chi connectivity index (χ0n) is 19.2. The number of nitrogens with zero attached hydrogens (tertiary/aromatic N) is 3. The van der Waals surface area contributed by atoms with E-state index in [4.69, 9.17) is 4.74 Å². The standard InChI is InChI=1S/C25H29N5O4/c1-2-3-4-5-6-7-15-34-22-13-11-20(12-14-22)23-17-24(28-27-23)25(31)29-26-18-19-9-8-10-21(16-19)30(32)33/h8-14,16-18H,2-7,15H2,1H3,(H,27,28)(H,29,31)/b26-18-. The summed E-state index contributed by atoms with van der Waals surface area (Å²) >= 11 is 0. The Labute approximate surface area is 198 Å². The number of rotatable bonds is 13. The van der Waals surface area contributed by atoms with E-state index in [2.05, 4.69) is 27.6 Å². The van der Waals surface area contributed by atoms with Crippen molar-refractivity contribution in [2.24, 2.45) is 5.10 Å². The number of nitro benzene ring substituents is 1. The fraction of sp³-hybridized carbons (Fsp3) is 0.320. The number of hydrazone groups is 1. The third-order valence-electron chi connectivity index (χ3n) is 5.20. The highest BCUT2D eigenvalue weighted by Crippen LogP contribution is 2.21. The fourth-order valence-electron chi connectivity index (χ4n) is 3.32. The lowest BCUT2D eigenvalue weighted by Gasteiger charge is -2.06. The molecule has 0 atom stereocenters. The maximum absolute atomic E-state index is 12.3. The van der Waals surface area contributed by atoms with Gasteiger partial charge in [0, 0.05) is 23.3 Å². The number of aromatic nitrogens is 2. The highest BCUT2D eigenvalue weighted by molar-refractivity contribution is 5.94. The largest absolute Gasteiger partial charge is 0.494 e. The SMILES string of the molecule is CCCCCCCCOc1ccc(-c2cc(C(=O)N/N=C\c3cccc([N+](=O)[O-])c3)[nH]n2)cc1. The Bertz CT molecular complexity index is 1110. The second-order valence-corrected chi connectivity index (χ2v) is 7.86. The van der Waals surface area contributed by atoms with E-state index >= 15 is 0 Å². The molecule has 9 heteroatoms. The average molecular weight is 464 g/mol. The summed E-state index contributed by atoms with van der Waals surface area (Å²) in [6.45, 7) is 2.92. The number of hydrogen-bond acceptors (Lipinski definition) is 6. The third-order valence-corrected chi connectivity index (χ3v) is 5.20. The molecule has 1 aromatic heterocycles. The summed E-state index contributed by atoms with van der Waals surface area (Å²) in [6, 6.07) is 15.2. The molecule has 0 fully saturated rings. The molecular formula is C25H29N5O4. The fourth-order valence-corrected chi connectivity index (χ4v) is 3.32. The Morgan fingerprint density at radius 3 is 2.65 bits per heavy atom. The van der Waals surface area contributed by atoms with Gasteiger partial charge in [0.1, 0.15) is 11.4 Å². The van der Waals surface area contributed by atoms with Gasteiger partial charge in [-0.1, -0.05) is 51.2 Å². The summed E-state index contributed by atoms with van der Waals surface area (Å²) in [5.74, 6) is 0.334. The molecule has 0 aliphatic carbocycles. The van der Waals surface area contributed by atoms with Crippen LogP contribution in [0.2, 0.25) is 0 Å². The van der Waals surface area contributed by atoms with Gasteiger partial charge < -0.3 is 4.74 Å². The van der Waals surface area contributed by atoms with Gasteiger partial charge in [0.2, 0.25) is 0 Å². The van der Waals surface area contributed by atoms with Crippen LogP contribution in [0.15, 0.2) is 59.7 Å². The van der Waals surface area contributed by atoms with Gasteiger partial charge in [0.25, 0.3) is 11.6 Å². The smallest absolute Gasteiger partial charge is 0.289 e. The predicted octanol–water partition coefficient (Wildman–Crippen LogP) is 5.49. The van der Waals surface area contributed by atoms with E-state index in [1.54, 1.807) is 18.2 Å². The normalized spacial score (nSPS) is 11.0. The number of nitrogens with one attached hydrogen (secondary N) is 2. The quantitative estimate of drug-likeness (QED) is 0.150. The Morgan fingerprint density at radius 2 is 1.88 bits per heavy atom. The zero-order valence-corrected chi connectivity index (χ0v) is 19.2. The van der Waals surface area contributed by atoms with E-state index in [9.17, 15) is 14.9 Å². The molecular weight excluding hydrogens is 434 g/mol. The maximum Gasteiger partial charge on any atom is 0.289 e. The van der Waals surface area contributed by atoms with Gasteiger partial charge in [-0.15, -0.1) is 0 Å². The highest BCUT2D eigenvalue weighted by Gasteiger charge is 2.11. The first-order valence-electron chi connectivity index (χ1n) is 11.4. The molecule has 0 saturated carbocycles. The van der Waals surface area contributed by atoms with Crippen molar-refractivity contribution in [2.45, 2.75) is 45.4 Å². The zero-order chi connectivity index (χ0) is 24.2. The van der Waals surface area contributed by atoms with Gasteiger partial charge in [-0.2, -0.15) is 10.2 Å². The summed E-state index contributed by atoms with van der Waals surface area (Å²) in [7, 11) is 0. The molecule has 0 saturated heterocycles. The molecule has 2 N–H and O–H groups in total. The van der Waals surface area contributed by atoms with Crippen LogP contribution in [-0.4, -0.2) is 33.8 Å². The maximum atomic E-state index is 12.3.